The van der Waals surface area contributed by atoms with Crippen LogP contribution in [0, 0.1) is 13.8 Å². The molecule has 0 atom stereocenters. The van der Waals surface area contributed by atoms with Crippen molar-refractivity contribution in [3.8, 4) is 11.4 Å². The van der Waals surface area contributed by atoms with Crippen LogP contribution in [0.1, 0.15) is 11.3 Å². The SMILES string of the molecule is CNc1snc(C)c1-c1nc2c(C)cccc2[nH]1. The Labute approximate surface area is 109 Å². The number of hydrogen-bond acceptors (Lipinski definition) is 4. The molecular formula is C13H14N4S. The summed E-state index contributed by atoms with van der Waals surface area (Å²) in [6.07, 6.45) is 0. The molecule has 2 heterocycles. The van der Waals surface area contributed by atoms with Crippen molar-refractivity contribution in [1.29, 1.82) is 0 Å². The number of fused-ring (bicyclic) bond motifs is 1. The summed E-state index contributed by atoms with van der Waals surface area (Å²) in [6, 6.07) is 6.16. The fourth-order valence-corrected chi connectivity index (χ4v) is 2.86. The van der Waals surface area contributed by atoms with E-state index in [0.29, 0.717) is 0 Å². The highest BCUT2D eigenvalue weighted by Crippen LogP contribution is 2.33. The van der Waals surface area contributed by atoms with Gasteiger partial charge in [0.2, 0.25) is 0 Å². The monoisotopic (exact) mass is 258 g/mol. The van der Waals surface area contributed by atoms with Crippen molar-refractivity contribution in [1.82, 2.24) is 14.3 Å². The number of imidazole rings is 1. The van der Waals surface area contributed by atoms with Gasteiger partial charge in [0.1, 0.15) is 10.8 Å². The van der Waals surface area contributed by atoms with E-state index >= 15 is 0 Å². The highest BCUT2D eigenvalue weighted by molar-refractivity contribution is 7.10. The fourth-order valence-electron chi connectivity index (χ4n) is 2.11. The Hall–Kier alpha value is -1.88. The highest BCUT2D eigenvalue weighted by atomic mass is 32.1. The largest absolute Gasteiger partial charge is 0.378 e. The molecule has 0 spiro atoms. The molecule has 5 heteroatoms. The van der Waals surface area contributed by atoms with Crippen molar-refractivity contribution >= 4 is 27.6 Å². The van der Waals surface area contributed by atoms with Gasteiger partial charge in [-0.15, -0.1) is 0 Å². The van der Waals surface area contributed by atoms with Gasteiger partial charge in [0.25, 0.3) is 0 Å². The molecule has 1 aromatic carbocycles. The Bertz CT molecular complexity index is 711. The molecule has 0 fully saturated rings. The first-order valence-electron chi connectivity index (χ1n) is 5.80. The van der Waals surface area contributed by atoms with Gasteiger partial charge in [-0.2, -0.15) is 4.37 Å². The summed E-state index contributed by atoms with van der Waals surface area (Å²) in [7, 11) is 1.91. The van der Waals surface area contributed by atoms with Gasteiger partial charge >= 0.3 is 0 Å². The molecule has 18 heavy (non-hydrogen) atoms. The van der Waals surface area contributed by atoms with Crippen molar-refractivity contribution in [3.63, 3.8) is 0 Å². The summed E-state index contributed by atoms with van der Waals surface area (Å²) in [6.45, 7) is 4.08. The highest BCUT2D eigenvalue weighted by Gasteiger charge is 2.15. The Kier molecular flexibility index (Phi) is 2.56. The molecule has 0 saturated heterocycles. The number of H-pyrrole nitrogens is 1. The molecule has 92 valence electrons. The number of anilines is 1. The minimum atomic E-state index is 0.884. The van der Waals surface area contributed by atoms with Gasteiger partial charge in [-0.3, -0.25) is 0 Å². The standard InChI is InChI=1S/C13H14N4S/c1-7-5-4-6-9-11(7)16-12(15-9)10-8(2)17-18-13(10)14-3/h4-6,14H,1-3H3,(H,15,16). The van der Waals surface area contributed by atoms with Crippen LogP contribution in [0.4, 0.5) is 5.00 Å². The van der Waals surface area contributed by atoms with E-state index in [-0.39, 0.29) is 0 Å². The van der Waals surface area contributed by atoms with Gasteiger partial charge in [-0.05, 0) is 37.0 Å². The lowest BCUT2D eigenvalue weighted by molar-refractivity contribution is 1.27. The quantitative estimate of drug-likeness (QED) is 0.741. The maximum atomic E-state index is 4.70. The van der Waals surface area contributed by atoms with Gasteiger partial charge < -0.3 is 10.3 Å². The zero-order valence-corrected chi connectivity index (χ0v) is 11.4. The van der Waals surface area contributed by atoms with Crippen molar-refractivity contribution in [2.45, 2.75) is 13.8 Å². The van der Waals surface area contributed by atoms with E-state index in [1.165, 1.54) is 17.1 Å². The van der Waals surface area contributed by atoms with E-state index in [1.807, 2.05) is 26.1 Å². The summed E-state index contributed by atoms with van der Waals surface area (Å²) in [4.78, 5) is 8.07. The summed E-state index contributed by atoms with van der Waals surface area (Å²) in [5, 5.41) is 4.22. The maximum absolute atomic E-state index is 4.70. The van der Waals surface area contributed by atoms with Crippen molar-refractivity contribution in [2.75, 3.05) is 12.4 Å². The van der Waals surface area contributed by atoms with Gasteiger partial charge in [0.05, 0.1) is 22.3 Å². The Morgan fingerprint density at radius 2 is 2.11 bits per heavy atom. The normalized spacial score (nSPS) is 11.1. The third kappa shape index (κ3) is 1.59. The molecule has 0 saturated carbocycles. The number of hydrogen-bond donors (Lipinski definition) is 2. The van der Waals surface area contributed by atoms with E-state index in [1.54, 1.807) is 0 Å². The third-order valence-corrected chi connectivity index (χ3v) is 4.00. The molecule has 0 aliphatic heterocycles. The molecular weight excluding hydrogens is 244 g/mol. The number of aromatic amines is 1. The first kappa shape index (κ1) is 11.2. The minimum Gasteiger partial charge on any atom is -0.378 e. The first-order valence-corrected chi connectivity index (χ1v) is 6.57. The predicted molar refractivity (Wildman–Crippen MR) is 76.2 cm³/mol. The van der Waals surface area contributed by atoms with Crippen LogP contribution < -0.4 is 5.32 Å². The number of aromatic nitrogens is 3. The smallest absolute Gasteiger partial charge is 0.143 e. The zero-order chi connectivity index (χ0) is 12.7. The summed E-state index contributed by atoms with van der Waals surface area (Å²) in [5.74, 6) is 0.884. The second kappa shape index (κ2) is 4.10. The number of benzene rings is 1. The van der Waals surface area contributed by atoms with Gasteiger partial charge in [-0.1, -0.05) is 12.1 Å². The molecule has 2 N–H and O–H groups in total. The minimum absolute atomic E-state index is 0.884. The lowest BCUT2D eigenvalue weighted by Crippen LogP contribution is -1.89. The van der Waals surface area contributed by atoms with Crippen molar-refractivity contribution in [2.24, 2.45) is 0 Å². The van der Waals surface area contributed by atoms with Gasteiger partial charge in [0.15, 0.2) is 0 Å². The van der Waals surface area contributed by atoms with Crippen molar-refractivity contribution < 1.29 is 0 Å². The van der Waals surface area contributed by atoms with Crippen LogP contribution in [0.25, 0.3) is 22.4 Å². The topological polar surface area (TPSA) is 53.6 Å². The average Bonchev–Trinajstić information content (AvgIpc) is 2.92. The second-order valence-electron chi connectivity index (χ2n) is 4.28. The molecule has 4 nitrogen and oxygen atoms in total. The van der Waals surface area contributed by atoms with Crippen LogP contribution in [-0.4, -0.2) is 21.4 Å². The van der Waals surface area contributed by atoms with Gasteiger partial charge in [0, 0.05) is 7.05 Å². The molecule has 0 amide bonds. The maximum Gasteiger partial charge on any atom is 0.143 e. The van der Waals surface area contributed by atoms with Crippen LogP contribution in [0.15, 0.2) is 18.2 Å². The molecule has 3 rings (SSSR count). The number of aryl methyl sites for hydroxylation is 2. The summed E-state index contributed by atoms with van der Waals surface area (Å²) in [5.41, 5.74) is 5.35. The molecule has 0 aliphatic rings. The van der Waals surface area contributed by atoms with Crippen LogP contribution in [0.3, 0.4) is 0 Å². The lowest BCUT2D eigenvalue weighted by atomic mass is 10.2. The third-order valence-electron chi connectivity index (χ3n) is 3.04. The fraction of sp³-hybridized carbons (Fsp3) is 0.231. The Balaban J connectivity index is 2.26. The van der Waals surface area contributed by atoms with E-state index in [0.717, 1.165) is 33.1 Å². The van der Waals surface area contributed by atoms with Crippen molar-refractivity contribution in [3.05, 3.63) is 29.5 Å². The summed E-state index contributed by atoms with van der Waals surface area (Å²) < 4.78 is 4.38. The predicted octanol–water partition coefficient (Wildman–Crippen LogP) is 3.34. The Morgan fingerprint density at radius 3 is 2.83 bits per heavy atom. The van der Waals surface area contributed by atoms with E-state index in [9.17, 15) is 0 Å². The number of rotatable bonds is 2. The molecule has 0 aliphatic carbocycles. The van der Waals surface area contributed by atoms with E-state index in [4.69, 9.17) is 4.98 Å². The lowest BCUT2D eigenvalue weighted by Gasteiger charge is -1.98. The number of para-hydroxylation sites is 1. The van der Waals surface area contributed by atoms with E-state index < -0.39 is 0 Å². The number of nitrogens with zero attached hydrogens (tertiary/aromatic N) is 2. The van der Waals surface area contributed by atoms with Crippen LogP contribution in [0.5, 0.6) is 0 Å². The van der Waals surface area contributed by atoms with Gasteiger partial charge in [-0.25, -0.2) is 4.98 Å². The molecule has 0 radical (unpaired) electrons. The van der Waals surface area contributed by atoms with E-state index in [2.05, 4.69) is 27.7 Å². The van der Waals surface area contributed by atoms with Crippen LogP contribution >= 0.6 is 11.5 Å². The first-order chi connectivity index (χ1) is 8.70. The molecule has 0 unspecified atom stereocenters. The second-order valence-corrected chi connectivity index (χ2v) is 5.05. The summed E-state index contributed by atoms with van der Waals surface area (Å²) >= 11 is 1.46. The van der Waals surface area contributed by atoms with Crippen LogP contribution in [-0.2, 0) is 0 Å². The molecule has 3 aromatic rings. The molecule has 2 aromatic heterocycles. The number of nitrogens with one attached hydrogen (secondary N) is 2. The average molecular weight is 258 g/mol. The molecule has 0 bridgehead atoms. The Morgan fingerprint density at radius 1 is 1.28 bits per heavy atom. The zero-order valence-electron chi connectivity index (χ0n) is 10.5. The van der Waals surface area contributed by atoms with Crippen LogP contribution in [0.2, 0.25) is 0 Å².